The monoisotopic (exact) mass is 344 g/mol. The summed E-state index contributed by atoms with van der Waals surface area (Å²) in [5, 5.41) is 3.32. The normalized spacial score (nSPS) is 10.8. The third-order valence-corrected chi connectivity index (χ3v) is 4.05. The summed E-state index contributed by atoms with van der Waals surface area (Å²) in [4.78, 5) is 29.7. The SMILES string of the molecule is O=C(Cn1c2ncccc2c(=O)n1-c1ccccc1)Nc1ccccc1. The van der Waals surface area contributed by atoms with E-state index in [9.17, 15) is 9.59 Å². The molecule has 4 aromatic rings. The molecule has 0 aliphatic carbocycles. The van der Waals surface area contributed by atoms with Crippen LogP contribution in [0.15, 0.2) is 83.8 Å². The molecule has 2 aromatic heterocycles. The zero-order valence-electron chi connectivity index (χ0n) is 13.9. The first kappa shape index (κ1) is 15.8. The first-order valence-electron chi connectivity index (χ1n) is 8.21. The van der Waals surface area contributed by atoms with Crippen LogP contribution in [0.1, 0.15) is 0 Å². The lowest BCUT2D eigenvalue weighted by molar-refractivity contribution is -0.116. The lowest BCUT2D eigenvalue weighted by Gasteiger charge is -2.12. The predicted molar refractivity (Wildman–Crippen MR) is 100 cm³/mol. The van der Waals surface area contributed by atoms with Crippen LogP contribution in [0.5, 0.6) is 0 Å². The van der Waals surface area contributed by atoms with Crippen LogP contribution in [0.2, 0.25) is 0 Å². The van der Waals surface area contributed by atoms with Gasteiger partial charge in [0.2, 0.25) is 5.91 Å². The van der Waals surface area contributed by atoms with E-state index in [0.717, 1.165) is 0 Å². The Balaban J connectivity index is 1.78. The molecule has 2 heterocycles. The number of hydrogen-bond acceptors (Lipinski definition) is 3. The number of hydrogen-bond donors (Lipinski definition) is 1. The van der Waals surface area contributed by atoms with Crippen LogP contribution in [-0.2, 0) is 11.3 Å². The maximum absolute atomic E-state index is 12.9. The van der Waals surface area contributed by atoms with Gasteiger partial charge in [-0.05, 0) is 36.4 Å². The summed E-state index contributed by atoms with van der Waals surface area (Å²) >= 11 is 0. The van der Waals surface area contributed by atoms with Gasteiger partial charge >= 0.3 is 0 Å². The number of aromatic nitrogens is 3. The van der Waals surface area contributed by atoms with E-state index >= 15 is 0 Å². The maximum atomic E-state index is 12.9. The molecule has 0 radical (unpaired) electrons. The van der Waals surface area contributed by atoms with Crippen molar-refractivity contribution in [2.75, 3.05) is 5.32 Å². The van der Waals surface area contributed by atoms with Gasteiger partial charge in [0.15, 0.2) is 5.65 Å². The van der Waals surface area contributed by atoms with Crippen LogP contribution in [0.4, 0.5) is 5.69 Å². The Labute approximate surface area is 149 Å². The minimum atomic E-state index is -0.233. The van der Waals surface area contributed by atoms with Crippen LogP contribution in [0, 0.1) is 0 Å². The number of carbonyl (C=O) groups is 1. The van der Waals surface area contributed by atoms with Crippen LogP contribution in [0.25, 0.3) is 16.7 Å². The molecule has 6 nitrogen and oxygen atoms in total. The average Bonchev–Trinajstić information content (AvgIpc) is 2.95. The fraction of sp³-hybridized carbons (Fsp3) is 0.0500. The van der Waals surface area contributed by atoms with Crippen molar-refractivity contribution >= 4 is 22.6 Å². The van der Waals surface area contributed by atoms with Crippen molar-refractivity contribution in [1.82, 2.24) is 14.3 Å². The van der Waals surface area contributed by atoms with Crippen LogP contribution in [0.3, 0.4) is 0 Å². The number of nitrogens with zero attached hydrogens (tertiary/aromatic N) is 3. The zero-order chi connectivity index (χ0) is 17.9. The molecule has 0 bridgehead atoms. The molecule has 26 heavy (non-hydrogen) atoms. The Morgan fingerprint density at radius 1 is 0.923 bits per heavy atom. The van der Waals surface area contributed by atoms with Crippen molar-refractivity contribution in [3.63, 3.8) is 0 Å². The third kappa shape index (κ3) is 2.88. The zero-order valence-corrected chi connectivity index (χ0v) is 13.9. The number of rotatable bonds is 4. The van der Waals surface area contributed by atoms with E-state index in [1.54, 1.807) is 23.0 Å². The second-order valence-corrected chi connectivity index (χ2v) is 5.80. The number of para-hydroxylation sites is 2. The molecule has 0 aliphatic rings. The Kier molecular flexibility index (Phi) is 4.07. The van der Waals surface area contributed by atoms with Crippen molar-refractivity contribution in [1.29, 1.82) is 0 Å². The highest BCUT2D eigenvalue weighted by atomic mass is 16.2. The molecular formula is C20H16N4O2. The molecule has 0 spiro atoms. The highest BCUT2D eigenvalue weighted by Crippen LogP contribution is 2.14. The third-order valence-electron chi connectivity index (χ3n) is 4.05. The van der Waals surface area contributed by atoms with Gasteiger partial charge in [0.25, 0.3) is 5.56 Å². The molecule has 1 N–H and O–H groups in total. The van der Waals surface area contributed by atoms with Gasteiger partial charge in [0, 0.05) is 11.9 Å². The van der Waals surface area contributed by atoms with E-state index in [4.69, 9.17) is 0 Å². The maximum Gasteiger partial charge on any atom is 0.280 e. The summed E-state index contributed by atoms with van der Waals surface area (Å²) in [7, 11) is 0. The smallest absolute Gasteiger partial charge is 0.280 e. The van der Waals surface area contributed by atoms with Crippen molar-refractivity contribution in [3.8, 4) is 5.69 Å². The Hall–Kier alpha value is -3.67. The molecule has 0 aliphatic heterocycles. The molecule has 0 fully saturated rings. The standard InChI is InChI=1S/C20H16N4O2/c25-18(22-15-8-3-1-4-9-15)14-23-19-17(12-7-13-21-19)20(26)24(23)16-10-5-2-6-11-16/h1-13H,14H2,(H,22,25). The fourth-order valence-electron chi connectivity index (χ4n) is 2.92. The molecule has 4 rings (SSSR count). The van der Waals surface area contributed by atoms with Crippen molar-refractivity contribution in [2.45, 2.75) is 6.54 Å². The first-order valence-corrected chi connectivity index (χ1v) is 8.21. The van der Waals surface area contributed by atoms with E-state index < -0.39 is 0 Å². The summed E-state index contributed by atoms with van der Waals surface area (Å²) in [6.07, 6.45) is 1.61. The number of benzene rings is 2. The van der Waals surface area contributed by atoms with Crippen LogP contribution < -0.4 is 10.9 Å². The quantitative estimate of drug-likeness (QED) is 0.619. The summed E-state index contributed by atoms with van der Waals surface area (Å²) in [6, 6.07) is 21.9. The average molecular weight is 344 g/mol. The second-order valence-electron chi connectivity index (χ2n) is 5.80. The number of anilines is 1. The second kappa shape index (κ2) is 6.68. The first-order chi connectivity index (χ1) is 12.7. The molecule has 0 saturated heterocycles. The van der Waals surface area contributed by atoms with Crippen LogP contribution in [-0.4, -0.2) is 20.3 Å². The summed E-state index contributed by atoms with van der Waals surface area (Å²) in [5.74, 6) is -0.233. The minimum Gasteiger partial charge on any atom is -0.324 e. The van der Waals surface area contributed by atoms with E-state index in [-0.39, 0.29) is 18.0 Å². The lowest BCUT2D eigenvalue weighted by atomic mass is 10.3. The van der Waals surface area contributed by atoms with E-state index in [2.05, 4.69) is 10.3 Å². The Bertz CT molecular complexity index is 1110. The largest absolute Gasteiger partial charge is 0.324 e. The highest BCUT2D eigenvalue weighted by Gasteiger charge is 2.17. The Morgan fingerprint density at radius 2 is 1.62 bits per heavy atom. The van der Waals surface area contributed by atoms with Gasteiger partial charge in [-0.15, -0.1) is 0 Å². The number of fused-ring (bicyclic) bond motifs is 1. The van der Waals surface area contributed by atoms with Crippen LogP contribution >= 0.6 is 0 Å². The van der Waals surface area contributed by atoms with Crippen molar-refractivity contribution in [3.05, 3.63) is 89.3 Å². The number of nitrogens with one attached hydrogen (secondary N) is 1. The lowest BCUT2D eigenvalue weighted by Crippen LogP contribution is -2.27. The number of pyridine rings is 1. The van der Waals surface area contributed by atoms with Crippen molar-refractivity contribution in [2.24, 2.45) is 0 Å². The molecule has 128 valence electrons. The van der Waals surface area contributed by atoms with Gasteiger partial charge in [-0.3, -0.25) is 14.3 Å². The Morgan fingerprint density at radius 3 is 2.35 bits per heavy atom. The van der Waals surface area contributed by atoms with Gasteiger partial charge in [-0.2, -0.15) is 0 Å². The summed E-state index contributed by atoms with van der Waals surface area (Å²) < 4.78 is 3.09. The minimum absolute atomic E-state index is 0.0282. The summed E-state index contributed by atoms with van der Waals surface area (Å²) in [5.41, 5.74) is 1.66. The topological polar surface area (TPSA) is 68.9 Å². The van der Waals surface area contributed by atoms with Gasteiger partial charge in [0.1, 0.15) is 6.54 Å². The predicted octanol–water partition coefficient (Wildman–Crippen LogP) is 2.83. The molecule has 0 unspecified atom stereocenters. The van der Waals surface area contributed by atoms with Gasteiger partial charge in [0.05, 0.1) is 11.1 Å². The van der Waals surface area contributed by atoms with E-state index in [1.807, 2.05) is 60.7 Å². The number of amides is 1. The fourth-order valence-corrected chi connectivity index (χ4v) is 2.92. The van der Waals surface area contributed by atoms with Crippen molar-refractivity contribution < 1.29 is 4.79 Å². The molecule has 0 atom stereocenters. The van der Waals surface area contributed by atoms with E-state index in [1.165, 1.54) is 4.68 Å². The molecule has 2 aromatic carbocycles. The number of carbonyl (C=O) groups excluding carboxylic acids is 1. The molecule has 0 saturated carbocycles. The van der Waals surface area contributed by atoms with Gasteiger partial charge < -0.3 is 5.32 Å². The summed E-state index contributed by atoms with van der Waals surface area (Å²) in [6.45, 7) is -0.0282. The van der Waals surface area contributed by atoms with Gasteiger partial charge in [-0.1, -0.05) is 36.4 Å². The molecular weight excluding hydrogens is 328 g/mol. The molecule has 6 heteroatoms. The van der Waals surface area contributed by atoms with E-state index in [0.29, 0.717) is 22.4 Å². The molecule has 1 amide bonds. The highest BCUT2D eigenvalue weighted by molar-refractivity contribution is 5.91. The van der Waals surface area contributed by atoms with Gasteiger partial charge in [-0.25, -0.2) is 9.67 Å².